The molecule has 1 aromatic heterocycles. The Labute approximate surface area is 97.6 Å². The molecule has 5 nitrogen and oxygen atoms in total. The Morgan fingerprint density at radius 3 is 2.71 bits per heavy atom. The molecule has 0 atom stereocenters. The Balaban J connectivity index is 2.89. The summed E-state index contributed by atoms with van der Waals surface area (Å²) in [6, 6.07) is 5.07. The van der Waals surface area contributed by atoms with Crippen molar-refractivity contribution in [1.82, 2.24) is 4.98 Å². The van der Waals surface area contributed by atoms with Crippen LogP contribution in [0.3, 0.4) is 0 Å². The quantitative estimate of drug-likeness (QED) is 0.877. The van der Waals surface area contributed by atoms with Crippen LogP contribution in [0.4, 0.5) is 0 Å². The van der Waals surface area contributed by atoms with Gasteiger partial charge < -0.3 is 14.6 Å². The molecule has 1 heterocycles. The number of methoxy groups -OCH3 is 2. The first-order chi connectivity index (χ1) is 8.19. The van der Waals surface area contributed by atoms with Crippen molar-refractivity contribution in [2.24, 2.45) is 0 Å². The normalized spacial score (nSPS) is 10.2. The van der Waals surface area contributed by atoms with E-state index in [0.29, 0.717) is 10.9 Å². The first kappa shape index (κ1) is 11.2. The summed E-state index contributed by atoms with van der Waals surface area (Å²) in [5.74, 6) is -0.593. The molecular weight excluding hydrogens is 222 g/mol. The molecule has 1 aromatic carbocycles. The average molecular weight is 233 g/mol. The largest absolute Gasteiger partial charge is 0.496 e. The second kappa shape index (κ2) is 4.29. The molecule has 1 N–H and O–H groups in total. The summed E-state index contributed by atoms with van der Waals surface area (Å²) < 4.78 is 10.2. The highest BCUT2D eigenvalue weighted by Crippen LogP contribution is 2.35. The van der Waals surface area contributed by atoms with Crippen LogP contribution in [0.2, 0.25) is 0 Å². The average Bonchev–Trinajstić information content (AvgIpc) is 2.35. The van der Waals surface area contributed by atoms with Crippen LogP contribution < -0.4 is 9.47 Å². The number of nitrogens with zero attached hydrogens (tertiary/aromatic N) is 1. The van der Waals surface area contributed by atoms with Gasteiger partial charge in [0.25, 0.3) is 0 Å². The Kier molecular flexibility index (Phi) is 2.82. The zero-order valence-electron chi connectivity index (χ0n) is 9.43. The molecular formula is C12H11NO4. The summed E-state index contributed by atoms with van der Waals surface area (Å²) in [6.45, 7) is 0. The molecule has 0 fully saturated rings. The number of carboxylic acid groups (broad SMARTS) is 1. The number of benzene rings is 1. The summed E-state index contributed by atoms with van der Waals surface area (Å²) in [6.07, 6.45) is 1.63. The Hall–Kier alpha value is -2.30. The van der Waals surface area contributed by atoms with Crippen molar-refractivity contribution in [3.05, 3.63) is 30.0 Å². The molecule has 88 valence electrons. The van der Waals surface area contributed by atoms with E-state index in [-0.39, 0.29) is 17.1 Å². The van der Waals surface area contributed by atoms with Crippen LogP contribution in [0, 0.1) is 0 Å². The van der Waals surface area contributed by atoms with Crippen molar-refractivity contribution >= 4 is 16.9 Å². The van der Waals surface area contributed by atoms with Gasteiger partial charge >= 0.3 is 5.97 Å². The molecule has 0 bridgehead atoms. The van der Waals surface area contributed by atoms with Crippen LogP contribution >= 0.6 is 0 Å². The molecule has 0 saturated carbocycles. The smallest absolute Gasteiger partial charge is 0.343 e. The Morgan fingerprint density at radius 2 is 2.12 bits per heavy atom. The van der Waals surface area contributed by atoms with Crippen molar-refractivity contribution in [3.63, 3.8) is 0 Å². The summed E-state index contributed by atoms with van der Waals surface area (Å²) in [7, 11) is 2.84. The van der Waals surface area contributed by atoms with Gasteiger partial charge in [0.1, 0.15) is 17.1 Å². The Morgan fingerprint density at radius 1 is 1.35 bits per heavy atom. The molecule has 5 heteroatoms. The summed E-state index contributed by atoms with van der Waals surface area (Å²) in [4.78, 5) is 15.4. The molecule has 0 unspecified atom stereocenters. The lowest BCUT2D eigenvalue weighted by Gasteiger charge is -2.12. The van der Waals surface area contributed by atoms with Crippen molar-refractivity contribution in [1.29, 1.82) is 0 Å². The third-order valence-electron chi connectivity index (χ3n) is 2.46. The number of aromatic nitrogens is 1. The lowest BCUT2D eigenvalue weighted by atomic mass is 10.1. The molecule has 0 aliphatic heterocycles. The van der Waals surface area contributed by atoms with Crippen LogP contribution in [-0.4, -0.2) is 30.3 Å². The number of fused-ring (bicyclic) bond motifs is 1. The van der Waals surface area contributed by atoms with E-state index in [0.717, 1.165) is 0 Å². The van der Waals surface area contributed by atoms with Crippen LogP contribution in [-0.2, 0) is 0 Å². The predicted octanol–water partition coefficient (Wildman–Crippen LogP) is 1.95. The molecule has 0 aliphatic carbocycles. The van der Waals surface area contributed by atoms with Crippen molar-refractivity contribution in [2.75, 3.05) is 14.2 Å². The predicted molar refractivity (Wildman–Crippen MR) is 61.8 cm³/mol. The summed E-state index contributed by atoms with van der Waals surface area (Å²) in [5, 5.41) is 9.83. The maximum absolute atomic E-state index is 11.2. The number of rotatable bonds is 3. The van der Waals surface area contributed by atoms with Gasteiger partial charge in [-0.25, -0.2) is 4.79 Å². The lowest BCUT2D eigenvalue weighted by Crippen LogP contribution is -2.04. The van der Waals surface area contributed by atoms with Crippen LogP contribution in [0.1, 0.15) is 10.4 Å². The minimum atomic E-state index is -1.09. The van der Waals surface area contributed by atoms with Gasteiger partial charge in [0.15, 0.2) is 0 Å². The van der Waals surface area contributed by atoms with Crippen molar-refractivity contribution < 1.29 is 19.4 Å². The maximum Gasteiger partial charge on any atom is 0.343 e. The van der Waals surface area contributed by atoms with Gasteiger partial charge in [-0.2, -0.15) is 0 Å². The molecule has 0 spiro atoms. The number of ether oxygens (including phenoxy) is 2. The second-order valence-electron chi connectivity index (χ2n) is 3.36. The van der Waals surface area contributed by atoms with E-state index in [4.69, 9.17) is 9.47 Å². The molecule has 0 aliphatic rings. The van der Waals surface area contributed by atoms with Gasteiger partial charge in [0.05, 0.1) is 19.7 Å². The molecule has 2 rings (SSSR count). The lowest BCUT2D eigenvalue weighted by molar-refractivity contribution is 0.0690. The first-order valence-electron chi connectivity index (χ1n) is 4.92. The highest BCUT2D eigenvalue weighted by molar-refractivity contribution is 6.02. The van der Waals surface area contributed by atoms with Crippen LogP contribution in [0.15, 0.2) is 24.4 Å². The molecule has 0 amide bonds. The second-order valence-corrected chi connectivity index (χ2v) is 3.36. The molecule has 0 radical (unpaired) electrons. The fourth-order valence-electron chi connectivity index (χ4n) is 1.74. The minimum Gasteiger partial charge on any atom is -0.496 e. The molecule has 17 heavy (non-hydrogen) atoms. The van der Waals surface area contributed by atoms with E-state index < -0.39 is 5.97 Å². The molecule has 0 saturated heterocycles. The zero-order chi connectivity index (χ0) is 12.4. The number of aromatic carboxylic acids is 1. The number of pyridine rings is 1. The van der Waals surface area contributed by atoms with Gasteiger partial charge in [-0.15, -0.1) is 0 Å². The fraction of sp³-hybridized carbons (Fsp3) is 0.167. The minimum absolute atomic E-state index is 0.00972. The Bertz CT molecular complexity index is 580. The van der Waals surface area contributed by atoms with Gasteiger partial charge in [0, 0.05) is 17.6 Å². The van der Waals surface area contributed by atoms with Crippen LogP contribution in [0.5, 0.6) is 11.5 Å². The van der Waals surface area contributed by atoms with E-state index in [1.807, 2.05) is 0 Å². The van der Waals surface area contributed by atoms with E-state index in [1.54, 1.807) is 24.4 Å². The topological polar surface area (TPSA) is 68.7 Å². The van der Waals surface area contributed by atoms with Crippen molar-refractivity contribution in [3.8, 4) is 11.5 Å². The van der Waals surface area contributed by atoms with E-state index in [2.05, 4.69) is 4.98 Å². The van der Waals surface area contributed by atoms with Gasteiger partial charge in [-0.3, -0.25) is 4.98 Å². The molecule has 2 aromatic rings. The first-order valence-corrected chi connectivity index (χ1v) is 4.92. The zero-order valence-corrected chi connectivity index (χ0v) is 9.43. The highest BCUT2D eigenvalue weighted by Gasteiger charge is 2.21. The van der Waals surface area contributed by atoms with E-state index >= 15 is 0 Å². The number of carbonyl (C=O) groups is 1. The monoisotopic (exact) mass is 233 g/mol. The SMILES string of the molecule is COc1cc2ncccc2c(OC)c1C(=O)O. The van der Waals surface area contributed by atoms with Crippen LogP contribution in [0.25, 0.3) is 10.9 Å². The third-order valence-corrected chi connectivity index (χ3v) is 2.46. The van der Waals surface area contributed by atoms with Gasteiger partial charge in [0.2, 0.25) is 0 Å². The summed E-state index contributed by atoms with van der Waals surface area (Å²) >= 11 is 0. The number of hydrogen-bond acceptors (Lipinski definition) is 4. The van der Waals surface area contributed by atoms with Gasteiger partial charge in [-0.1, -0.05) is 0 Å². The van der Waals surface area contributed by atoms with E-state index in [9.17, 15) is 9.90 Å². The third kappa shape index (κ3) is 1.75. The number of hydrogen-bond donors (Lipinski definition) is 1. The van der Waals surface area contributed by atoms with Gasteiger partial charge in [-0.05, 0) is 12.1 Å². The highest BCUT2D eigenvalue weighted by atomic mass is 16.5. The van der Waals surface area contributed by atoms with E-state index in [1.165, 1.54) is 14.2 Å². The fourth-order valence-corrected chi connectivity index (χ4v) is 1.74. The standard InChI is InChI=1S/C12H11NO4/c1-16-9-6-8-7(4-3-5-13-8)11(17-2)10(9)12(14)15/h3-6H,1-2H3,(H,14,15). The summed E-state index contributed by atoms with van der Waals surface area (Å²) in [5.41, 5.74) is 0.640. The number of carboxylic acids is 1. The maximum atomic E-state index is 11.2. The van der Waals surface area contributed by atoms with Crippen molar-refractivity contribution in [2.45, 2.75) is 0 Å².